The zero-order chi connectivity index (χ0) is 17.7. The number of amides is 2. The third kappa shape index (κ3) is 4.35. The molecular formula is C17H24N2O4S. The average molecular weight is 352 g/mol. The van der Waals surface area contributed by atoms with Gasteiger partial charge in [0, 0.05) is 6.42 Å². The van der Waals surface area contributed by atoms with Gasteiger partial charge in [-0.3, -0.25) is 9.59 Å². The Hall–Kier alpha value is -1.89. The summed E-state index contributed by atoms with van der Waals surface area (Å²) in [6.45, 7) is 3.56. The Labute approximate surface area is 145 Å². The summed E-state index contributed by atoms with van der Waals surface area (Å²) in [6.07, 6.45) is 6.12. The van der Waals surface area contributed by atoms with E-state index in [2.05, 4.69) is 5.32 Å². The molecule has 6 nitrogen and oxygen atoms in total. The SMILES string of the molecule is CCOC(=O)c1c(NC(=O)CC2CCCCC2)sc(C(N)=O)c1C. The number of thiophene rings is 1. The summed E-state index contributed by atoms with van der Waals surface area (Å²) in [6, 6.07) is 0. The number of nitrogens with one attached hydrogen (secondary N) is 1. The number of hydrogen-bond donors (Lipinski definition) is 2. The quantitative estimate of drug-likeness (QED) is 0.768. The summed E-state index contributed by atoms with van der Waals surface area (Å²) in [5.74, 6) is -0.909. The molecule has 1 aromatic heterocycles. The zero-order valence-corrected chi connectivity index (χ0v) is 15.0. The number of ether oxygens (including phenoxy) is 1. The van der Waals surface area contributed by atoms with Crippen molar-refractivity contribution in [2.24, 2.45) is 11.7 Å². The highest BCUT2D eigenvalue weighted by molar-refractivity contribution is 7.18. The van der Waals surface area contributed by atoms with Crippen molar-refractivity contribution in [3.63, 3.8) is 0 Å². The van der Waals surface area contributed by atoms with Gasteiger partial charge in [-0.25, -0.2) is 4.79 Å². The van der Waals surface area contributed by atoms with E-state index in [4.69, 9.17) is 10.5 Å². The number of anilines is 1. The van der Waals surface area contributed by atoms with Crippen LogP contribution in [0.1, 0.15) is 71.0 Å². The molecule has 7 heteroatoms. The number of nitrogens with two attached hydrogens (primary N) is 1. The third-order valence-electron chi connectivity index (χ3n) is 4.30. The molecule has 1 saturated carbocycles. The molecule has 0 aromatic carbocycles. The molecule has 0 unspecified atom stereocenters. The summed E-state index contributed by atoms with van der Waals surface area (Å²) in [4.78, 5) is 36.3. The Morgan fingerprint density at radius 1 is 1.25 bits per heavy atom. The minimum Gasteiger partial charge on any atom is -0.462 e. The van der Waals surface area contributed by atoms with Crippen LogP contribution in [-0.2, 0) is 9.53 Å². The molecule has 1 heterocycles. The predicted molar refractivity (Wildman–Crippen MR) is 93.4 cm³/mol. The minimum absolute atomic E-state index is 0.135. The van der Waals surface area contributed by atoms with Crippen molar-refractivity contribution in [1.82, 2.24) is 0 Å². The number of carbonyl (C=O) groups is 3. The lowest BCUT2D eigenvalue weighted by Gasteiger charge is -2.20. The second-order valence-corrected chi connectivity index (χ2v) is 7.12. The van der Waals surface area contributed by atoms with E-state index in [-0.39, 0.29) is 23.0 Å². The average Bonchev–Trinajstić information content (AvgIpc) is 2.85. The molecule has 0 radical (unpaired) electrons. The highest BCUT2D eigenvalue weighted by Crippen LogP contribution is 2.34. The molecule has 0 spiro atoms. The van der Waals surface area contributed by atoms with Crippen molar-refractivity contribution >= 4 is 34.1 Å². The fourth-order valence-electron chi connectivity index (χ4n) is 3.12. The third-order valence-corrected chi connectivity index (χ3v) is 5.52. The van der Waals surface area contributed by atoms with Gasteiger partial charge in [0.2, 0.25) is 5.91 Å². The van der Waals surface area contributed by atoms with Crippen LogP contribution in [0.25, 0.3) is 0 Å². The predicted octanol–water partition coefficient (Wildman–Crippen LogP) is 3.24. The van der Waals surface area contributed by atoms with Crippen molar-refractivity contribution in [3.05, 3.63) is 16.0 Å². The Morgan fingerprint density at radius 3 is 2.50 bits per heavy atom. The first-order valence-electron chi connectivity index (χ1n) is 8.34. The number of esters is 1. The maximum atomic E-state index is 12.3. The largest absolute Gasteiger partial charge is 0.462 e. The molecule has 1 fully saturated rings. The van der Waals surface area contributed by atoms with E-state index in [1.807, 2.05) is 0 Å². The lowest BCUT2D eigenvalue weighted by Crippen LogP contribution is -2.19. The van der Waals surface area contributed by atoms with E-state index in [0.717, 1.165) is 37.0 Å². The van der Waals surface area contributed by atoms with Crippen LogP contribution in [0.2, 0.25) is 0 Å². The minimum atomic E-state index is -0.615. The molecule has 1 aromatic rings. The molecule has 1 aliphatic rings. The van der Waals surface area contributed by atoms with Gasteiger partial charge in [-0.1, -0.05) is 19.3 Å². The van der Waals surface area contributed by atoms with Crippen molar-refractivity contribution in [2.45, 2.75) is 52.4 Å². The second-order valence-electron chi connectivity index (χ2n) is 6.10. The van der Waals surface area contributed by atoms with Crippen LogP contribution < -0.4 is 11.1 Å². The molecule has 0 saturated heterocycles. The monoisotopic (exact) mass is 352 g/mol. The lowest BCUT2D eigenvalue weighted by molar-refractivity contribution is -0.117. The summed E-state index contributed by atoms with van der Waals surface area (Å²) in [5, 5.41) is 3.13. The zero-order valence-electron chi connectivity index (χ0n) is 14.1. The van der Waals surface area contributed by atoms with Crippen molar-refractivity contribution < 1.29 is 19.1 Å². The molecule has 3 N–H and O–H groups in total. The highest BCUT2D eigenvalue weighted by Gasteiger charge is 2.26. The fraction of sp³-hybridized carbons (Fsp3) is 0.588. The second kappa shape index (κ2) is 8.28. The van der Waals surface area contributed by atoms with Crippen LogP contribution >= 0.6 is 11.3 Å². The van der Waals surface area contributed by atoms with Gasteiger partial charge in [0.05, 0.1) is 17.0 Å². The first-order valence-corrected chi connectivity index (χ1v) is 9.15. The highest BCUT2D eigenvalue weighted by atomic mass is 32.1. The number of rotatable bonds is 6. The molecule has 0 atom stereocenters. The first-order chi connectivity index (χ1) is 11.4. The Balaban J connectivity index is 2.18. The van der Waals surface area contributed by atoms with E-state index < -0.39 is 11.9 Å². The van der Waals surface area contributed by atoms with E-state index in [0.29, 0.717) is 22.9 Å². The van der Waals surface area contributed by atoms with Gasteiger partial charge < -0.3 is 15.8 Å². The molecule has 2 rings (SSSR count). The van der Waals surface area contributed by atoms with Crippen molar-refractivity contribution in [1.29, 1.82) is 0 Å². The number of carbonyl (C=O) groups excluding carboxylic acids is 3. The van der Waals surface area contributed by atoms with Gasteiger partial charge in [0.1, 0.15) is 5.00 Å². The number of hydrogen-bond acceptors (Lipinski definition) is 5. The maximum Gasteiger partial charge on any atom is 0.341 e. The number of primary amides is 1. The van der Waals surface area contributed by atoms with Gasteiger partial charge in [-0.2, -0.15) is 0 Å². The smallest absolute Gasteiger partial charge is 0.341 e. The summed E-state index contributed by atoms with van der Waals surface area (Å²) < 4.78 is 5.04. The molecule has 24 heavy (non-hydrogen) atoms. The fourth-order valence-corrected chi connectivity index (χ4v) is 4.18. The van der Waals surface area contributed by atoms with Crippen LogP contribution in [0.3, 0.4) is 0 Å². The Kier molecular flexibility index (Phi) is 6.36. The topological polar surface area (TPSA) is 98.5 Å². The van der Waals surface area contributed by atoms with Crippen LogP contribution in [0.5, 0.6) is 0 Å². The van der Waals surface area contributed by atoms with Gasteiger partial charge in [-0.15, -0.1) is 11.3 Å². The molecule has 0 aliphatic heterocycles. The molecular weight excluding hydrogens is 328 g/mol. The van der Waals surface area contributed by atoms with Gasteiger partial charge in [0.25, 0.3) is 5.91 Å². The molecule has 132 valence electrons. The molecule has 2 amide bonds. The van der Waals surface area contributed by atoms with Crippen LogP contribution in [-0.4, -0.2) is 24.4 Å². The summed E-state index contributed by atoms with van der Waals surface area (Å²) in [7, 11) is 0. The normalized spacial score (nSPS) is 15.1. The maximum absolute atomic E-state index is 12.3. The van der Waals surface area contributed by atoms with Crippen molar-refractivity contribution in [2.75, 3.05) is 11.9 Å². The molecule has 0 bridgehead atoms. The van der Waals surface area contributed by atoms with E-state index in [1.165, 1.54) is 6.42 Å². The Morgan fingerprint density at radius 2 is 1.92 bits per heavy atom. The van der Waals surface area contributed by atoms with E-state index >= 15 is 0 Å². The van der Waals surface area contributed by atoms with Crippen LogP contribution in [0.4, 0.5) is 5.00 Å². The van der Waals surface area contributed by atoms with Gasteiger partial charge in [0.15, 0.2) is 0 Å². The van der Waals surface area contributed by atoms with Crippen molar-refractivity contribution in [3.8, 4) is 0 Å². The van der Waals surface area contributed by atoms with E-state index in [1.54, 1.807) is 13.8 Å². The molecule has 1 aliphatic carbocycles. The summed E-state index contributed by atoms with van der Waals surface area (Å²) >= 11 is 1.03. The standard InChI is InChI=1S/C17H24N2O4S/c1-3-23-17(22)13-10(2)14(15(18)21)24-16(13)19-12(20)9-11-7-5-4-6-8-11/h11H,3-9H2,1-2H3,(H2,18,21)(H,19,20). The Bertz CT molecular complexity index is 633. The lowest BCUT2D eigenvalue weighted by atomic mass is 9.87. The van der Waals surface area contributed by atoms with Gasteiger partial charge >= 0.3 is 5.97 Å². The van der Waals surface area contributed by atoms with Crippen LogP contribution in [0.15, 0.2) is 0 Å². The van der Waals surface area contributed by atoms with Gasteiger partial charge in [-0.05, 0) is 38.2 Å². The summed E-state index contributed by atoms with van der Waals surface area (Å²) in [5.41, 5.74) is 6.04. The first kappa shape index (κ1) is 18.4. The van der Waals surface area contributed by atoms with Crippen LogP contribution in [0, 0.1) is 12.8 Å². The van der Waals surface area contributed by atoms with E-state index in [9.17, 15) is 14.4 Å².